The Morgan fingerprint density at radius 3 is 2.80 bits per heavy atom. The van der Waals surface area contributed by atoms with Crippen LogP contribution >= 0.6 is 11.8 Å². The molecule has 1 amide bonds. The molecule has 2 aromatic heterocycles. The van der Waals surface area contributed by atoms with Gasteiger partial charge in [0.15, 0.2) is 0 Å². The van der Waals surface area contributed by atoms with Crippen LogP contribution in [0.15, 0.2) is 44.6 Å². The second-order valence-corrected chi connectivity index (χ2v) is 6.49. The molecular weight excluding hydrogens is 338 g/mol. The number of amides is 1. The van der Waals surface area contributed by atoms with Crippen LogP contribution in [0.5, 0.6) is 0 Å². The molecule has 130 valence electrons. The van der Waals surface area contributed by atoms with Crippen molar-refractivity contribution in [2.45, 2.75) is 32.4 Å². The molecule has 0 radical (unpaired) electrons. The summed E-state index contributed by atoms with van der Waals surface area (Å²) >= 11 is 1.21. The first-order valence-corrected chi connectivity index (χ1v) is 8.96. The van der Waals surface area contributed by atoms with Gasteiger partial charge < -0.3 is 14.2 Å². The number of carbonyl (C=O) groups is 1. The molecule has 1 aromatic carbocycles. The molecule has 0 atom stereocenters. The molecule has 2 heterocycles. The second kappa shape index (κ2) is 7.57. The van der Waals surface area contributed by atoms with Crippen LogP contribution in [0, 0.1) is 13.8 Å². The van der Waals surface area contributed by atoms with E-state index in [1.54, 1.807) is 12.3 Å². The van der Waals surface area contributed by atoms with Crippen molar-refractivity contribution in [2.24, 2.45) is 0 Å². The summed E-state index contributed by atoms with van der Waals surface area (Å²) < 4.78 is 10.8. The van der Waals surface area contributed by atoms with Crippen LogP contribution in [0.4, 0.5) is 5.69 Å². The van der Waals surface area contributed by atoms with Crippen molar-refractivity contribution in [3.8, 4) is 11.5 Å². The van der Waals surface area contributed by atoms with Crippen molar-refractivity contribution < 1.29 is 13.6 Å². The SMILES string of the molecule is CCc1cccc(C)c1NC(=O)CSc1nnc(-c2ccoc2C)o1. The lowest BCUT2D eigenvalue weighted by molar-refractivity contribution is -0.113. The average Bonchev–Trinajstić information content (AvgIpc) is 3.23. The fourth-order valence-corrected chi connectivity index (χ4v) is 3.05. The van der Waals surface area contributed by atoms with Crippen molar-refractivity contribution >= 4 is 23.4 Å². The summed E-state index contributed by atoms with van der Waals surface area (Å²) in [7, 11) is 0. The van der Waals surface area contributed by atoms with E-state index in [-0.39, 0.29) is 11.7 Å². The van der Waals surface area contributed by atoms with Crippen LogP contribution in [-0.4, -0.2) is 21.9 Å². The van der Waals surface area contributed by atoms with Crippen molar-refractivity contribution in [3.63, 3.8) is 0 Å². The number of thioether (sulfide) groups is 1. The third kappa shape index (κ3) is 3.93. The van der Waals surface area contributed by atoms with E-state index in [0.29, 0.717) is 16.9 Å². The van der Waals surface area contributed by atoms with Crippen molar-refractivity contribution in [2.75, 3.05) is 11.1 Å². The largest absolute Gasteiger partial charge is 0.469 e. The zero-order valence-electron chi connectivity index (χ0n) is 14.3. The van der Waals surface area contributed by atoms with Crippen LogP contribution in [-0.2, 0) is 11.2 Å². The molecule has 3 aromatic rings. The van der Waals surface area contributed by atoms with E-state index >= 15 is 0 Å². The van der Waals surface area contributed by atoms with E-state index < -0.39 is 0 Å². The van der Waals surface area contributed by atoms with E-state index in [9.17, 15) is 4.79 Å². The number of aromatic nitrogens is 2. The van der Waals surface area contributed by atoms with Crippen molar-refractivity contribution in [1.29, 1.82) is 0 Å². The minimum atomic E-state index is -0.103. The number of para-hydroxylation sites is 1. The standard InChI is InChI=1S/C18H19N3O3S/c1-4-13-7-5-6-11(2)16(13)19-15(22)10-25-18-21-20-17(24-18)14-8-9-23-12(14)3/h5-9H,4,10H2,1-3H3,(H,19,22). The number of hydrogen-bond acceptors (Lipinski definition) is 6. The summed E-state index contributed by atoms with van der Waals surface area (Å²) in [4.78, 5) is 12.3. The highest BCUT2D eigenvalue weighted by atomic mass is 32.2. The summed E-state index contributed by atoms with van der Waals surface area (Å²) in [6, 6.07) is 7.78. The molecule has 3 rings (SSSR count). The summed E-state index contributed by atoms with van der Waals surface area (Å²) in [6.07, 6.45) is 2.43. The summed E-state index contributed by atoms with van der Waals surface area (Å²) in [5, 5.41) is 11.3. The van der Waals surface area contributed by atoms with E-state index in [4.69, 9.17) is 8.83 Å². The Morgan fingerprint density at radius 1 is 1.24 bits per heavy atom. The molecule has 0 saturated carbocycles. The van der Waals surface area contributed by atoms with Gasteiger partial charge in [0.1, 0.15) is 5.76 Å². The number of rotatable bonds is 6. The van der Waals surface area contributed by atoms with Crippen LogP contribution in [0.25, 0.3) is 11.5 Å². The van der Waals surface area contributed by atoms with E-state index in [2.05, 4.69) is 22.4 Å². The lowest BCUT2D eigenvalue weighted by atomic mass is 10.1. The molecule has 0 spiro atoms. The Labute approximate surface area is 150 Å². The smallest absolute Gasteiger partial charge is 0.277 e. The van der Waals surface area contributed by atoms with Gasteiger partial charge in [-0.05, 0) is 37.5 Å². The fourth-order valence-electron chi connectivity index (χ4n) is 2.49. The quantitative estimate of drug-likeness (QED) is 0.665. The molecular formula is C18H19N3O3S. The molecule has 7 heteroatoms. The van der Waals surface area contributed by atoms with Gasteiger partial charge in [-0.25, -0.2) is 0 Å². The lowest BCUT2D eigenvalue weighted by Crippen LogP contribution is -2.16. The van der Waals surface area contributed by atoms with E-state index in [1.165, 1.54) is 11.8 Å². The minimum Gasteiger partial charge on any atom is -0.469 e. The highest BCUT2D eigenvalue weighted by molar-refractivity contribution is 7.99. The first-order valence-electron chi connectivity index (χ1n) is 7.97. The third-order valence-corrected chi connectivity index (χ3v) is 4.65. The second-order valence-electron chi connectivity index (χ2n) is 5.56. The number of hydrogen-bond donors (Lipinski definition) is 1. The highest BCUT2D eigenvalue weighted by Gasteiger charge is 2.15. The predicted octanol–water partition coefficient (Wildman–Crippen LogP) is 4.24. The molecule has 0 fully saturated rings. The van der Waals surface area contributed by atoms with Gasteiger partial charge in [0.25, 0.3) is 11.1 Å². The zero-order valence-corrected chi connectivity index (χ0v) is 15.1. The Kier molecular flexibility index (Phi) is 5.23. The van der Waals surface area contributed by atoms with Gasteiger partial charge in [0.2, 0.25) is 5.91 Å². The number of carbonyl (C=O) groups excluding carboxylic acids is 1. The summed E-state index contributed by atoms with van der Waals surface area (Å²) in [5.74, 6) is 1.20. The molecule has 0 aliphatic carbocycles. The van der Waals surface area contributed by atoms with Gasteiger partial charge in [-0.1, -0.05) is 36.9 Å². The first-order chi connectivity index (χ1) is 12.1. The van der Waals surface area contributed by atoms with Crippen molar-refractivity contribution in [1.82, 2.24) is 10.2 Å². The normalized spacial score (nSPS) is 10.8. The summed E-state index contributed by atoms with van der Waals surface area (Å²) in [5.41, 5.74) is 3.81. The average molecular weight is 357 g/mol. The maximum Gasteiger partial charge on any atom is 0.277 e. The lowest BCUT2D eigenvalue weighted by Gasteiger charge is -2.12. The topological polar surface area (TPSA) is 81.2 Å². The Bertz CT molecular complexity index is 885. The number of nitrogens with zero attached hydrogens (tertiary/aromatic N) is 2. The maximum atomic E-state index is 12.3. The van der Waals surface area contributed by atoms with Crippen molar-refractivity contribution in [3.05, 3.63) is 47.4 Å². The molecule has 0 aliphatic rings. The molecule has 0 aliphatic heterocycles. The molecule has 0 bridgehead atoms. The first kappa shape index (κ1) is 17.3. The Balaban J connectivity index is 1.62. The predicted molar refractivity (Wildman–Crippen MR) is 96.6 cm³/mol. The van der Waals surface area contributed by atoms with Gasteiger partial charge in [0, 0.05) is 5.69 Å². The van der Waals surface area contributed by atoms with Gasteiger partial charge in [-0.3, -0.25) is 4.79 Å². The minimum absolute atomic E-state index is 0.103. The molecule has 0 unspecified atom stereocenters. The van der Waals surface area contributed by atoms with Gasteiger partial charge in [-0.15, -0.1) is 10.2 Å². The third-order valence-electron chi connectivity index (χ3n) is 3.83. The molecule has 25 heavy (non-hydrogen) atoms. The highest BCUT2D eigenvalue weighted by Crippen LogP contribution is 2.27. The number of anilines is 1. The van der Waals surface area contributed by atoms with Gasteiger partial charge in [-0.2, -0.15) is 0 Å². The Hall–Kier alpha value is -2.54. The Morgan fingerprint density at radius 2 is 2.08 bits per heavy atom. The zero-order chi connectivity index (χ0) is 17.8. The van der Waals surface area contributed by atoms with Crippen LogP contribution in [0.1, 0.15) is 23.8 Å². The fraction of sp³-hybridized carbons (Fsp3) is 0.278. The van der Waals surface area contributed by atoms with Gasteiger partial charge >= 0.3 is 0 Å². The molecule has 0 saturated heterocycles. The molecule has 1 N–H and O–H groups in total. The number of benzene rings is 1. The van der Waals surface area contributed by atoms with E-state index in [0.717, 1.165) is 28.8 Å². The van der Waals surface area contributed by atoms with E-state index in [1.807, 2.05) is 32.0 Å². The van der Waals surface area contributed by atoms with Crippen LogP contribution in [0.3, 0.4) is 0 Å². The monoisotopic (exact) mass is 357 g/mol. The van der Waals surface area contributed by atoms with Gasteiger partial charge in [0.05, 0.1) is 17.6 Å². The maximum absolute atomic E-state index is 12.3. The number of nitrogens with one attached hydrogen (secondary N) is 1. The number of furan rings is 1. The molecule has 6 nitrogen and oxygen atoms in total. The summed E-state index contributed by atoms with van der Waals surface area (Å²) in [6.45, 7) is 5.88. The van der Waals surface area contributed by atoms with Crippen LogP contribution < -0.4 is 5.32 Å². The van der Waals surface area contributed by atoms with Crippen LogP contribution in [0.2, 0.25) is 0 Å². The number of aryl methyl sites for hydroxylation is 3.